The highest BCUT2D eigenvalue weighted by Gasteiger charge is 2.07. The van der Waals surface area contributed by atoms with E-state index in [-0.39, 0.29) is 6.41 Å². The van der Waals surface area contributed by atoms with Crippen molar-refractivity contribution in [3.05, 3.63) is 0 Å². The molecule has 0 aliphatic rings. The van der Waals surface area contributed by atoms with Gasteiger partial charge >= 0.3 is 7.75 Å². The van der Waals surface area contributed by atoms with Crippen molar-refractivity contribution in [3.63, 3.8) is 0 Å². The third kappa shape index (κ3) is 5.62. The molecule has 42 valence electrons. The Morgan fingerprint density at radius 2 is 2.00 bits per heavy atom. The lowest BCUT2D eigenvalue weighted by Crippen LogP contribution is -2.04. The molecule has 0 atom stereocenters. The minimum Gasteiger partial charge on any atom is -0.308 e. The average Bonchev–Trinajstić information content (AvgIpc) is 1.30. The Morgan fingerprint density at radius 3 is 2.00 bits per heavy atom. The van der Waals surface area contributed by atoms with Crippen molar-refractivity contribution in [1.82, 2.24) is 5.09 Å². The molecule has 0 heterocycles. The Labute approximate surface area is 39.6 Å². The first-order chi connectivity index (χ1) is 3.06. The lowest BCUT2D eigenvalue weighted by atomic mass is 11.5. The highest BCUT2D eigenvalue weighted by molar-refractivity contribution is 7.50. The van der Waals surface area contributed by atoms with Crippen LogP contribution in [0.4, 0.5) is 0 Å². The van der Waals surface area contributed by atoms with Crippen LogP contribution in [0, 0.1) is 0 Å². The van der Waals surface area contributed by atoms with E-state index in [1.165, 1.54) is 5.09 Å². The summed E-state index contributed by atoms with van der Waals surface area (Å²) in [7, 11) is -4.28. The summed E-state index contributed by atoms with van der Waals surface area (Å²) in [5.41, 5.74) is 0. The van der Waals surface area contributed by atoms with Crippen molar-refractivity contribution < 1.29 is 19.1 Å². The fraction of sp³-hybridized carbons (Fsp3) is 0. The van der Waals surface area contributed by atoms with Gasteiger partial charge in [0, 0.05) is 0 Å². The van der Waals surface area contributed by atoms with E-state index < -0.39 is 7.75 Å². The number of carbonyl (C=O) groups is 1. The largest absolute Gasteiger partial charge is 0.429 e. The molecule has 0 bridgehead atoms. The van der Waals surface area contributed by atoms with E-state index in [1.54, 1.807) is 0 Å². The number of hydrogen-bond acceptors (Lipinski definition) is 2. The Balaban J connectivity index is 3.57. The third-order valence-electron chi connectivity index (χ3n) is 0.221. The van der Waals surface area contributed by atoms with Gasteiger partial charge in [-0.25, -0.2) is 4.57 Å². The molecule has 0 saturated carbocycles. The lowest BCUT2D eigenvalue weighted by Gasteiger charge is -1.95. The number of rotatable bonds is 2. The van der Waals surface area contributed by atoms with Crippen LogP contribution in [0.1, 0.15) is 0 Å². The predicted molar refractivity (Wildman–Crippen MR) is 21.2 cm³/mol. The second kappa shape index (κ2) is 2.07. The molecule has 0 unspecified atom stereocenters. The second-order valence-corrected chi connectivity index (χ2v) is 2.14. The van der Waals surface area contributed by atoms with Crippen LogP contribution in [0.3, 0.4) is 0 Å². The molecule has 3 N–H and O–H groups in total. The van der Waals surface area contributed by atoms with Gasteiger partial charge in [0.05, 0.1) is 0 Å². The van der Waals surface area contributed by atoms with Crippen LogP contribution in [0.15, 0.2) is 0 Å². The van der Waals surface area contributed by atoms with Gasteiger partial charge in [0.1, 0.15) is 0 Å². The van der Waals surface area contributed by atoms with Gasteiger partial charge in [-0.15, -0.1) is 0 Å². The van der Waals surface area contributed by atoms with Gasteiger partial charge in [-0.05, 0) is 0 Å². The fourth-order valence-electron chi connectivity index (χ4n) is 0.0687. The van der Waals surface area contributed by atoms with Gasteiger partial charge in [0.25, 0.3) is 0 Å². The van der Waals surface area contributed by atoms with Crippen LogP contribution < -0.4 is 5.09 Å². The van der Waals surface area contributed by atoms with E-state index in [2.05, 4.69) is 0 Å². The summed E-state index contributed by atoms with van der Waals surface area (Å²) in [6.07, 6.45) is -0.0548. The fourth-order valence-corrected chi connectivity index (χ4v) is 0.206. The lowest BCUT2D eigenvalue weighted by molar-refractivity contribution is -0.108. The first-order valence-corrected chi connectivity index (χ1v) is 2.94. The maximum atomic E-state index is 9.58. The first kappa shape index (κ1) is 6.62. The molecule has 7 heavy (non-hydrogen) atoms. The van der Waals surface area contributed by atoms with Gasteiger partial charge in [-0.3, -0.25) is 9.88 Å². The number of carbonyl (C=O) groups excluding carboxylic acids is 1. The molecule has 0 aromatic carbocycles. The van der Waals surface area contributed by atoms with Crippen LogP contribution in [-0.4, -0.2) is 16.2 Å². The minimum atomic E-state index is -4.28. The molecule has 0 fully saturated rings. The molecule has 5 nitrogen and oxygen atoms in total. The van der Waals surface area contributed by atoms with Crippen molar-refractivity contribution in [1.29, 1.82) is 0 Å². The number of hydrogen-bond donors (Lipinski definition) is 3. The van der Waals surface area contributed by atoms with Gasteiger partial charge < -0.3 is 9.79 Å². The summed E-state index contributed by atoms with van der Waals surface area (Å²) in [5.74, 6) is 0. The molecule has 0 radical (unpaired) electrons. The smallest absolute Gasteiger partial charge is 0.308 e. The summed E-state index contributed by atoms with van der Waals surface area (Å²) in [5, 5.41) is 1.27. The maximum absolute atomic E-state index is 9.58. The van der Waals surface area contributed by atoms with E-state index in [1.807, 2.05) is 0 Å². The molecule has 0 aliphatic carbocycles. The molecule has 0 aromatic rings. The number of amides is 1. The molecule has 0 aromatic heterocycles. The van der Waals surface area contributed by atoms with Gasteiger partial charge in [-0.1, -0.05) is 0 Å². The molecule has 1 amide bonds. The Kier molecular flexibility index (Phi) is 1.95. The Morgan fingerprint density at radius 1 is 1.57 bits per heavy atom. The van der Waals surface area contributed by atoms with Gasteiger partial charge in [0.2, 0.25) is 6.41 Å². The van der Waals surface area contributed by atoms with E-state index in [0.717, 1.165) is 0 Å². The second-order valence-electron chi connectivity index (χ2n) is 0.791. The summed E-state index contributed by atoms with van der Waals surface area (Å²) >= 11 is 0. The Bertz CT molecular complexity index is 104. The molecule has 0 rings (SSSR count). The van der Waals surface area contributed by atoms with Crippen LogP contribution in [-0.2, 0) is 9.36 Å². The van der Waals surface area contributed by atoms with Crippen LogP contribution >= 0.6 is 7.75 Å². The molecule has 0 saturated heterocycles. The standard InChI is InChI=1S/CH4NO4P/c3-1-2-7(4,5)6/h1H,(H3,2,3,4,5,6). The highest BCUT2D eigenvalue weighted by atomic mass is 31.2. The predicted octanol–water partition coefficient (Wildman–Crippen LogP) is -1.17. The summed E-state index contributed by atoms with van der Waals surface area (Å²) < 4.78 is 9.58. The first-order valence-electron chi connectivity index (χ1n) is 1.33. The zero-order chi connectivity index (χ0) is 5.91. The molecule has 0 aliphatic heterocycles. The maximum Gasteiger partial charge on any atom is 0.429 e. The highest BCUT2D eigenvalue weighted by Crippen LogP contribution is 2.26. The van der Waals surface area contributed by atoms with E-state index in [4.69, 9.17) is 9.79 Å². The third-order valence-corrected chi connectivity index (χ3v) is 0.663. The zero-order valence-corrected chi connectivity index (χ0v) is 4.13. The van der Waals surface area contributed by atoms with Crippen LogP contribution in [0.5, 0.6) is 0 Å². The van der Waals surface area contributed by atoms with Crippen LogP contribution in [0.25, 0.3) is 0 Å². The molecular formula is CH4NO4P. The van der Waals surface area contributed by atoms with E-state index in [9.17, 15) is 9.36 Å². The number of nitrogens with one attached hydrogen (secondary N) is 1. The summed E-state index contributed by atoms with van der Waals surface area (Å²) in [4.78, 5) is 24.8. The van der Waals surface area contributed by atoms with Crippen molar-refractivity contribution in [2.75, 3.05) is 0 Å². The topological polar surface area (TPSA) is 86.6 Å². The monoisotopic (exact) mass is 125 g/mol. The summed E-state index contributed by atoms with van der Waals surface area (Å²) in [6, 6.07) is 0. The van der Waals surface area contributed by atoms with Gasteiger partial charge in [0.15, 0.2) is 0 Å². The quantitative estimate of drug-likeness (QED) is 0.320. The molecule has 0 spiro atoms. The average molecular weight is 125 g/mol. The minimum absolute atomic E-state index is 0.0548. The normalized spacial score (nSPS) is 10.6. The van der Waals surface area contributed by atoms with Crippen molar-refractivity contribution in [3.8, 4) is 0 Å². The molecular weight excluding hydrogens is 121 g/mol. The summed E-state index contributed by atoms with van der Waals surface area (Å²) in [6.45, 7) is 0. The Hall–Kier alpha value is -0.380. The van der Waals surface area contributed by atoms with E-state index in [0.29, 0.717) is 0 Å². The van der Waals surface area contributed by atoms with Crippen molar-refractivity contribution in [2.45, 2.75) is 0 Å². The van der Waals surface area contributed by atoms with Gasteiger partial charge in [-0.2, -0.15) is 0 Å². The zero-order valence-electron chi connectivity index (χ0n) is 3.24. The van der Waals surface area contributed by atoms with E-state index >= 15 is 0 Å². The SMILES string of the molecule is O=CNP(=O)(O)O. The van der Waals surface area contributed by atoms with Crippen molar-refractivity contribution >= 4 is 14.2 Å². The van der Waals surface area contributed by atoms with Crippen LogP contribution in [0.2, 0.25) is 0 Å². The van der Waals surface area contributed by atoms with Crippen molar-refractivity contribution in [2.24, 2.45) is 0 Å². The molecule has 6 heteroatoms.